The Balaban J connectivity index is 2.94. The molecule has 1 amide bonds. The third kappa shape index (κ3) is 4.05. The van der Waals surface area contributed by atoms with Gasteiger partial charge in [-0.15, -0.1) is 11.6 Å². The Labute approximate surface area is 110 Å². The van der Waals surface area contributed by atoms with E-state index < -0.39 is 46.8 Å². The predicted molar refractivity (Wildman–Crippen MR) is 58.5 cm³/mol. The lowest BCUT2D eigenvalue weighted by atomic mass is 10.1. The molecule has 0 aliphatic rings. The summed E-state index contributed by atoms with van der Waals surface area (Å²) in [6.07, 6.45) is -4.97. The van der Waals surface area contributed by atoms with Crippen LogP contribution in [0.3, 0.4) is 0 Å². The number of hydrogen-bond donors (Lipinski definition) is 1. The van der Waals surface area contributed by atoms with Crippen molar-refractivity contribution >= 4 is 17.5 Å². The van der Waals surface area contributed by atoms with E-state index in [1.54, 1.807) is 0 Å². The third-order valence-corrected chi connectivity index (χ3v) is 2.45. The first-order valence-corrected chi connectivity index (χ1v) is 5.53. The van der Waals surface area contributed by atoms with Crippen LogP contribution in [0.25, 0.3) is 0 Å². The maximum atomic E-state index is 13.4. The molecule has 0 aliphatic carbocycles. The SMILES string of the molecule is CC(Cl)C(=O)NCc1cc(F)c(C(F)(F)F)cc1F. The van der Waals surface area contributed by atoms with E-state index in [4.69, 9.17) is 11.6 Å². The van der Waals surface area contributed by atoms with Crippen molar-refractivity contribution < 1.29 is 26.7 Å². The Morgan fingerprint density at radius 2 is 1.89 bits per heavy atom. The quantitative estimate of drug-likeness (QED) is 0.674. The molecule has 0 heterocycles. The monoisotopic (exact) mass is 301 g/mol. The summed E-state index contributed by atoms with van der Waals surface area (Å²) >= 11 is 5.42. The molecule has 1 aromatic carbocycles. The Morgan fingerprint density at radius 3 is 2.37 bits per heavy atom. The predicted octanol–water partition coefficient (Wildman–Crippen LogP) is 3.23. The van der Waals surface area contributed by atoms with Crippen LogP contribution in [-0.2, 0) is 17.5 Å². The second-order valence-electron chi connectivity index (χ2n) is 3.76. The van der Waals surface area contributed by atoms with E-state index in [2.05, 4.69) is 5.32 Å². The van der Waals surface area contributed by atoms with Gasteiger partial charge in [-0.3, -0.25) is 4.79 Å². The zero-order valence-corrected chi connectivity index (χ0v) is 10.4. The van der Waals surface area contributed by atoms with Gasteiger partial charge in [0.15, 0.2) is 0 Å². The molecule has 0 bridgehead atoms. The summed E-state index contributed by atoms with van der Waals surface area (Å²) in [4.78, 5) is 11.1. The number of rotatable bonds is 3. The van der Waals surface area contributed by atoms with Crippen LogP contribution in [-0.4, -0.2) is 11.3 Å². The number of hydrogen-bond acceptors (Lipinski definition) is 1. The lowest BCUT2D eigenvalue weighted by Crippen LogP contribution is -2.29. The van der Waals surface area contributed by atoms with Gasteiger partial charge in [0.2, 0.25) is 5.91 Å². The summed E-state index contributed by atoms with van der Waals surface area (Å²) in [6.45, 7) is 0.914. The van der Waals surface area contributed by atoms with Gasteiger partial charge in [0, 0.05) is 12.1 Å². The maximum Gasteiger partial charge on any atom is 0.419 e. The second-order valence-corrected chi connectivity index (χ2v) is 4.41. The van der Waals surface area contributed by atoms with E-state index in [-0.39, 0.29) is 6.07 Å². The van der Waals surface area contributed by atoms with Crippen molar-refractivity contribution in [1.82, 2.24) is 5.32 Å². The van der Waals surface area contributed by atoms with E-state index in [1.165, 1.54) is 6.92 Å². The van der Waals surface area contributed by atoms with Crippen LogP contribution in [0.1, 0.15) is 18.1 Å². The number of halogens is 6. The van der Waals surface area contributed by atoms with E-state index in [1.807, 2.05) is 0 Å². The molecule has 1 N–H and O–H groups in total. The van der Waals surface area contributed by atoms with Gasteiger partial charge in [-0.05, 0) is 19.1 Å². The molecule has 2 nitrogen and oxygen atoms in total. The molecule has 0 radical (unpaired) electrons. The number of alkyl halides is 4. The molecule has 0 spiro atoms. The van der Waals surface area contributed by atoms with Gasteiger partial charge >= 0.3 is 6.18 Å². The standard InChI is InChI=1S/C11H9ClF5NO/c1-5(12)10(19)18-4-6-2-9(14)7(3-8(6)13)11(15,16)17/h2-3,5H,4H2,1H3,(H,18,19). The number of carbonyl (C=O) groups excluding carboxylic acids is 1. The van der Waals surface area contributed by atoms with E-state index >= 15 is 0 Å². The fourth-order valence-electron chi connectivity index (χ4n) is 1.26. The number of nitrogens with one attached hydrogen (secondary N) is 1. The zero-order chi connectivity index (χ0) is 14.8. The zero-order valence-electron chi connectivity index (χ0n) is 9.62. The minimum Gasteiger partial charge on any atom is -0.351 e. The van der Waals surface area contributed by atoms with Gasteiger partial charge in [0.05, 0.1) is 5.56 Å². The second kappa shape index (κ2) is 5.73. The van der Waals surface area contributed by atoms with Crippen LogP contribution in [0.5, 0.6) is 0 Å². The average molecular weight is 302 g/mol. The Morgan fingerprint density at radius 1 is 1.32 bits per heavy atom. The summed E-state index contributed by atoms with van der Waals surface area (Å²) in [7, 11) is 0. The summed E-state index contributed by atoms with van der Waals surface area (Å²) < 4.78 is 63.4. The molecule has 1 unspecified atom stereocenters. The molecular weight excluding hydrogens is 293 g/mol. The third-order valence-electron chi connectivity index (χ3n) is 2.26. The van der Waals surface area contributed by atoms with Crippen LogP contribution in [0, 0.1) is 11.6 Å². The molecule has 8 heteroatoms. The van der Waals surface area contributed by atoms with Crippen molar-refractivity contribution in [2.75, 3.05) is 0 Å². The molecule has 1 aromatic rings. The van der Waals surface area contributed by atoms with Gasteiger partial charge in [-0.1, -0.05) is 0 Å². The summed E-state index contributed by atoms with van der Waals surface area (Å²) in [5, 5.41) is 1.28. The highest BCUT2D eigenvalue weighted by Crippen LogP contribution is 2.32. The molecule has 19 heavy (non-hydrogen) atoms. The van der Waals surface area contributed by atoms with Crippen molar-refractivity contribution in [3.63, 3.8) is 0 Å². The van der Waals surface area contributed by atoms with E-state index in [9.17, 15) is 26.7 Å². The van der Waals surface area contributed by atoms with E-state index in [0.717, 1.165) is 0 Å². The van der Waals surface area contributed by atoms with Gasteiger partial charge in [-0.25, -0.2) is 8.78 Å². The van der Waals surface area contributed by atoms with Crippen molar-refractivity contribution in [2.45, 2.75) is 25.0 Å². The highest BCUT2D eigenvalue weighted by Gasteiger charge is 2.35. The topological polar surface area (TPSA) is 29.1 Å². The Kier molecular flexibility index (Phi) is 4.73. The Bertz CT molecular complexity index is 487. The van der Waals surface area contributed by atoms with Gasteiger partial charge in [0.25, 0.3) is 0 Å². The van der Waals surface area contributed by atoms with Crippen LogP contribution in [0.2, 0.25) is 0 Å². The lowest BCUT2D eigenvalue weighted by molar-refractivity contribution is -0.140. The fraction of sp³-hybridized carbons (Fsp3) is 0.364. The molecule has 0 fully saturated rings. The molecule has 0 saturated heterocycles. The number of carbonyl (C=O) groups is 1. The van der Waals surface area contributed by atoms with Crippen LogP contribution in [0.15, 0.2) is 12.1 Å². The van der Waals surface area contributed by atoms with Crippen LogP contribution >= 0.6 is 11.6 Å². The molecular formula is C11H9ClF5NO. The largest absolute Gasteiger partial charge is 0.419 e. The smallest absolute Gasteiger partial charge is 0.351 e. The summed E-state index contributed by atoms with van der Waals surface area (Å²) in [5.74, 6) is -3.49. The average Bonchev–Trinajstić information content (AvgIpc) is 2.27. The van der Waals surface area contributed by atoms with Crippen molar-refractivity contribution in [1.29, 1.82) is 0 Å². The molecule has 0 saturated carbocycles. The normalized spacial score (nSPS) is 13.2. The van der Waals surface area contributed by atoms with E-state index in [0.29, 0.717) is 6.07 Å². The first kappa shape index (κ1) is 15.7. The highest BCUT2D eigenvalue weighted by molar-refractivity contribution is 6.30. The first-order valence-electron chi connectivity index (χ1n) is 5.10. The number of amides is 1. The molecule has 0 aromatic heterocycles. The minimum absolute atomic E-state index is 0.0565. The number of benzene rings is 1. The van der Waals surface area contributed by atoms with Gasteiger partial charge in [0.1, 0.15) is 17.0 Å². The van der Waals surface area contributed by atoms with Crippen LogP contribution in [0.4, 0.5) is 22.0 Å². The minimum atomic E-state index is -4.97. The van der Waals surface area contributed by atoms with Crippen molar-refractivity contribution in [2.24, 2.45) is 0 Å². The maximum absolute atomic E-state index is 13.4. The highest BCUT2D eigenvalue weighted by atomic mass is 35.5. The molecule has 1 rings (SSSR count). The summed E-state index contributed by atoms with van der Waals surface area (Å²) in [6, 6.07) is 0.457. The fourth-order valence-corrected chi connectivity index (χ4v) is 1.34. The molecule has 106 valence electrons. The molecule has 0 aliphatic heterocycles. The van der Waals surface area contributed by atoms with Crippen LogP contribution < -0.4 is 5.32 Å². The van der Waals surface area contributed by atoms with Crippen molar-refractivity contribution in [3.05, 3.63) is 34.9 Å². The van der Waals surface area contributed by atoms with Gasteiger partial charge in [-0.2, -0.15) is 13.2 Å². The van der Waals surface area contributed by atoms with Crippen molar-refractivity contribution in [3.8, 4) is 0 Å². The van der Waals surface area contributed by atoms with Gasteiger partial charge < -0.3 is 5.32 Å². The molecule has 1 atom stereocenters. The lowest BCUT2D eigenvalue weighted by Gasteiger charge is -2.11. The summed E-state index contributed by atoms with van der Waals surface area (Å²) in [5.41, 5.74) is -2.08. The first-order chi connectivity index (χ1) is 8.62. The Hall–Kier alpha value is -1.37.